The van der Waals surface area contributed by atoms with Gasteiger partial charge in [0.25, 0.3) is 0 Å². The summed E-state index contributed by atoms with van der Waals surface area (Å²) in [7, 11) is 1.34. The van der Waals surface area contributed by atoms with Crippen LogP contribution in [0.25, 0.3) is 11.3 Å². The number of nitrogens with two attached hydrogens (primary N) is 2. The summed E-state index contributed by atoms with van der Waals surface area (Å²) in [5, 5.41) is 0.600. The molecule has 8 nitrogen and oxygen atoms in total. The Morgan fingerprint density at radius 2 is 1.71 bits per heavy atom. The number of hydrogen-bond donors (Lipinski definition) is 2. The van der Waals surface area contributed by atoms with E-state index in [2.05, 4.69) is 9.82 Å². The molecule has 0 aliphatic carbocycles. The summed E-state index contributed by atoms with van der Waals surface area (Å²) in [6.07, 6.45) is -12.9. The average molecular weight is 562 g/mol. The molecule has 2 aromatic carbocycles. The highest BCUT2D eigenvalue weighted by Crippen LogP contribution is 2.45. The minimum absolute atomic E-state index is 0.0368. The Balaban J connectivity index is 1.90. The van der Waals surface area contributed by atoms with Gasteiger partial charge in [0.05, 0.1) is 23.0 Å². The van der Waals surface area contributed by atoms with E-state index in [1.54, 1.807) is 0 Å². The molecule has 0 bridgehead atoms. The summed E-state index contributed by atoms with van der Waals surface area (Å²) in [6, 6.07) is 11.5. The predicted octanol–water partition coefficient (Wildman–Crippen LogP) is 5.19. The lowest BCUT2D eigenvalue weighted by Gasteiger charge is -2.42. The normalized spacial score (nSPS) is 18.2. The molecule has 38 heavy (non-hydrogen) atoms. The zero-order valence-corrected chi connectivity index (χ0v) is 20.0. The lowest BCUT2D eigenvalue weighted by Crippen LogP contribution is -2.60. The zero-order chi connectivity index (χ0) is 28.0. The third-order valence-electron chi connectivity index (χ3n) is 5.55. The van der Waals surface area contributed by atoms with Crippen molar-refractivity contribution >= 4 is 23.4 Å². The molecular weight excluding hydrogens is 544 g/mol. The van der Waals surface area contributed by atoms with Crippen LogP contribution < -0.4 is 21.3 Å². The Kier molecular flexibility index (Phi) is 7.18. The monoisotopic (exact) mass is 561 g/mol. The molecule has 1 aliphatic rings. The van der Waals surface area contributed by atoms with Gasteiger partial charge in [-0.05, 0) is 43.4 Å². The molecule has 2 heterocycles. The number of fused-ring (bicyclic) bond motifs is 1. The fourth-order valence-electron chi connectivity index (χ4n) is 3.69. The first-order valence-electron chi connectivity index (χ1n) is 10.6. The van der Waals surface area contributed by atoms with E-state index in [4.69, 9.17) is 27.8 Å². The molecule has 3 aromatic rings. The summed E-state index contributed by atoms with van der Waals surface area (Å²) >= 11 is 5.95. The van der Waals surface area contributed by atoms with Crippen LogP contribution in [-0.4, -0.2) is 35.4 Å². The number of rotatable bonds is 4. The number of anilines is 1. The van der Waals surface area contributed by atoms with Crippen molar-refractivity contribution in [3.8, 4) is 22.8 Å². The van der Waals surface area contributed by atoms with Crippen LogP contribution in [0.15, 0.2) is 54.6 Å². The van der Waals surface area contributed by atoms with E-state index in [-0.39, 0.29) is 27.8 Å². The Labute approximate surface area is 216 Å². The van der Waals surface area contributed by atoms with Crippen LogP contribution >= 0.6 is 11.6 Å². The number of benzene rings is 2. The molecule has 0 radical (unpaired) electrons. The number of aromatic nitrogens is 1. The van der Waals surface area contributed by atoms with Gasteiger partial charge in [0.2, 0.25) is 0 Å². The molecule has 1 aromatic heterocycles. The van der Waals surface area contributed by atoms with Gasteiger partial charge in [0, 0.05) is 10.6 Å². The van der Waals surface area contributed by atoms with E-state index in [1.807, 2.05) is 0 Å². The number of hydroxylamine groups is 1. The van der Waals surface area contributed by atoms with Crippen molar-refractivity contribution in [2.45, 2.75) is 24.8 Å². The topological polar surface area (TPSA) is 107 Å². The van der Waals surface area contributed by atoms with Gasteiger partial charge in [0.1, 0.15) is 11.5 Å². The number of ether oxygens (including phenoxy) is 1. The van der Waals surface area contributed by atoms with Gasteiger partial charge in [-0.15, -0.1) is 0 Å². The molecule has 0 saturated carbocycles. The van der Waals surface area contributed by atoms with E-state index in [9.17, 15) is 31.1 Å². The van der Waals surface area contributed by atoms with E-state index >= 15 is 0 Å². The van der Waals surface area contributed by atoms with Crippen molar-refractivity contribution in [3.05, 3.63) is 70.7 Å². The third-order valence-corrected chi connectivity index (χ3v) is 5.79. The van der Waals surface area contributed by atoms with Gasteiger partial charge < -0.3 is 15.3 Å². The standard InChI is InChI=1S/C23H18ClF6N5O3/c1-34-18(31)13-8-9-15(33-19(13)35(21(34)32)38-20(36)23(28,29)30)17-14(22(25,26)27)6-3-7-16(17)37-12-5-2-4-11(24)10-12/h2-10,18,21H,31-32H2,1H3. The summed E-state index contributed by atoms with van der Waals surface area (Å²) in [5.41, 5.74) is 10.00. The van der Waals surface area contributed by atoms with Gasteiger partial charge in [0.15, 0.2) is 12.1 Å². The van der Waals surface area contributed by atoms with E-state index < -0.39 is 47.7 Å². The molecule has 15 heteroatoms. The fraction of sp³-hybridized carbons (Fsp3) is 0.217. The maximum absolute atomic E-state index is 14.1. The number of hydrogen-bond acceptors (Lipinski definition) is 8. The Morgan fingerprint density at radius 1 is 1.03 bits per heavy atom. The first-order chi connectivity index (χ1) is 17.7. The largest absolute Gasteiger partial charge is 0.493 e. The summed E-state index contributed by atoms with van der Waals surface area (Å²) in [5.74, 6) is -3.27. The SMILES string of the molecule is CN1C(N)c2ccc(-c3c(Oc4cccc(Cl)c4)cccc3C(F)(F)F)nc2N(OC(=O)C(F)(F)F)C1N. The van der Waals surface area contributed by atoms with Crippen LogP contribution in [0.5, 0.6) is 11.5 Å². The van der Waals surface area contributed by atoms with Crippen LogP contribution in [0.3, 0.4) is 0 Å². The van der Waals surface area contributed by atoms with E-state index in [0.29, 0.717) is 5.06 Å². The predicted molar refractivity (Wildman–Crippen MR) is 123 cm³/mol. The second kappa shape index (κ2) is 9.94. The summed E-state index contributed by atoms with van der Waals surface area (Å²) in [4.78, 5) is 21.3. The minimum atomic E-state index is -5.39. The second-order valence-corrected chi connectivity index (χ2v) is 8.51. The highest BCUT2D eigenvalue weighted by Gasteiger charge is 2.46. The van der Waals surface area contributed by atoms with Gasteiger partial charge in [-0.25, -0.2) is 9.78 Å². The van der Waals surface area contributed by atoms with Crippen molar-refractivity contribution in [2.24, 2.45) is 11.5 Å². The quantitative estimate of drug-likeness (QED) is 0.420. The number of pyridine rings is 1. The first kappa shape index (κ1) is 27.4. The average Bonchev–Trinajstić information content (AvgIpc) is 2.83. The van der Waals surface area contributed by atoms with Gasteiger partial charge in [-0.2, -0.15) is 31.4 Å². The molecule has 0 spiro atoms. The summed E-state index contributed by atoms with van der Waals surface area (Å²) < 4.78 is 86.7. The molecule has 2 atom stereocenters. The Hall–Kier alpha value is -3.59. The zero-order valence-electron chi connectivity index (χ0n) is 19.2. The number of alkyl halides is 6. The third kappa shape index (κ3) is 5.34. The van der Waals surface area contributed by atoms with Crippen molar-refractivity contribution in [2.75, 3.05) is 12.1 Å². The lowest BCUT2D eigenvalue weighted by atomic mass is 10.0. The highest BCUT2D eigenvalue weighted by atomic mass is 35.5. The lowest BCUT2D eigenvalue weighted by molar-refractivity contribution is -0.204. The number of halogens is 7. The molecule has 0 fully saturated rings. The van der Waals surface area contributed by atoms with E-state index in [1.165, 1.54) is 54.4 Å². The smallest absolute Gasteiger partial charge is 0.457 e. The van der Waals surface area contributed by atoms with Gasteiger partial charge in [-0.1, -0.05) is 29.8 Å². The van der Waals surface area contributed by atoms with Crippen LogP contribution in [0.4, 0.5) is 32.2 Å². The Morgan fingerprint density at radius 3 is 2.34 bits per heavy atom. The van der Waals surface area contributed by atoms with Crippen molar-refractivity contribution in [3.63, 3.8) is 0 Å². The van der Waals surface area contributed by atoms with Crippen molar-refractivity contribution < 1.29 is 40.7 Å². The van der Waals surface area contributed by atoms with Crippen molar-refractivity contribution in [1.29, 1.82) is 0 Å². The number of nitrogens with zero attached hydrogens (tertiary/aromatic N) is 3. The second-order valence-electron chi connectivity index (χ2n) is 8.07. The molecule has 0 saturated heterocycles. The van der Waals surface area contributed by atoms with Gasteiger partial charge >= 0.3 is 18.3 Å². The molecular formula is C23H18ClF6N5O3. The fourth-order valence-corrected chi connectivity index (χ4v) is 3.87. The number of carbonyl (C=O) groups excluding carboxylic acids is 1. The van der Waals surface area contributed by atoms with Crippen molar-refractivity contribution in [1.82, 2.24) is 9.88 Å². The highest BCUT2D eigenvalue weighted by molar-refractivity contribution is 6.30. The summed E-state index contributed by atoms with van der Waals surface area (Å²) in [6.45, 7) is 0. The van der Waals surface area contributed by atoms with Crippen LogP contribution in [0.2, 0.25) is 5.02 Å². The first-order valence-corrected chi connectivity index (χ1v) is 11.0. The van der Waals surface area contributed by atoms with Crippen LogP contribution in [0.1, 0.15) is 17.3 Å². The number of carbonyl (C=O) groups is 1. The van der Waals surface area contributed by atoms with Gasteiger partial charge in [-0.3, -0.25) is 10.6 Å². The molecule has 0 amide bonds. The maximum atomic E-state index is 14.1. The molecule has 202 valence electrons. The Bertz CT molecular complexity index is 1370. The van der Waals surface area contributed by atoms with Crippen LogP contribution in [-0.2, 0) is 15.8 Å². The molecule has 4 rings (SSSR count). The molecule has 4 N–H and O–H groups in total. The molecule has 2 unspecified atom stereocenters. The van der Waals surface area contributed by atoms with E-state index in [0.717, 1.165) is 12.1 Å². The van der Waals surface area contributed by atoms with Crippen LogP contribution in [0, 0.1) is 0 Å². The molecule has 1 aliphatic heterocycles. The maximum Gasteiger partial charge on any atom is 0.493 e. The minimum Gasteiger partial charge on any atom is -0.457 e.